The number of rotatable bonds is 23. The number of quaternary nitrogens is 1. The van der Waals surface area contributed by atoms with Gasteiger partial charge in [0.1, 0.15) is 6.10 Å². The van der Waals surface area contributed by atoms with Crippen molar-refractivity contribution in [2.24, 2.45) is 0 Å². The molecule has 0 amide bonds. The van der Waals surface area contributed by atoms with Crippen molar-refractivity contribution in [1.29, 1.82) is 0 Å². The molecule has 192 valence electrons. The summed E-state index contributed by atoms with van der Waals surface area (Å²) in [6, 6.07) is 0. The van der Waals surface area contributed by atoms with Gasteiger partial charge in [0.25, 0.3) is 0 Å². The molecule has 0 aromatic rings. The summed E-state index contributed by atoms with van der Waals surface area (Å²) in [4.78, 5) is 22.2. The molecule has 0 aliphatic rings. The molecular weight excluding hydrogens is 429 g/mol. The molecule has 0 bridgehead atoms. The van der Waals surface area contributed by atoms with Crippen molar-refractivity contribution < 1.29 is 33.2 Å². The summed E-state index contributed by atoms with van der Waals surface area (Å²) in [5.41, 5.74) is 0. The fourth-order valence-corrected chi connectivity index (χ4v) is 4.67. The zero-order valence-electron chi connectivity index (χ0n) is 21.2. The monoisotopic (exact) mass is 480 g/mol. The van der Waals surface area contributed by atoms with E-state index in [0.29, 0.717) is 13.2 Å². The number of unbranched alkanes of at least 4 members (excludes halogenated alkanes) is 12. The summed E-state index contributed by atoms with van der Waals surface area (Å²) < 4.78 is 28.0. The maximum Gasteiger partial charge on any atom is 0.333 e. The molecule has 0 aromatic heterocycles. The summed E-state index contributed by atoms with van der Waals surface area (Å²) in [7, 11) is 0.131. The minimum atomic E-state index is -3.69. The van der Waals surface area contributed by atoms with E-state index in [4.69, 9.17) is 14.0 Å². The first-order valence-electron chi connectivity index (χ1n) is 12.8. The van der Waals surface area contributed by atoms with Crippen LogP contribution in [0.4, 0.5) is 0 Å². The highest BCUT2D eigenvalue weighted by Crippen LogP contribution is 2.40. The summed E-state index contributed by atoms with van der Waals surface area (Å²) >= 11 is 0. The van der Waals surface area contributed by atoms with Crippen LogP contribution in [0.25, 0.3) is 0 Å². The highest BCUT2D eigenvalue weighted by Gasteiger charge is 2.24. The Labute approximate surface area is 197 Å². The lowest BCUT2D eigenvalue weighted by Gasteiger charge is -2.20. The van der Waals surface area contributed by atoms with E-state index in [-0.39, 0.29) is 19.4 Å². The summed E-state index contributed by atoms with van der Waals surface area (Å²) in [5.74, 6) is -0.450. The Hall–Kier alpha value is -0.460. The second kappa shape index (κ2) is 21.1. The lowest BCUT2D eigenvalue weighted by Crippen LogP contribution is -3.06. The van der Waals surface area contributed by atoms with Crippen LogP contribution >= 0.6 is 7.60 Å². The first kappa shape index (κ1) is 31.5. The molecule has 0 aliphatic heterocycles. The maximum absolute atomic E-state index is 12.1. The normalized spacial score (nSPS) is 14.4. The van der Waals surface area contributed by atoms with Crippen LogP contribution < -0.4 is 4.90 Å². The zero-order chi connectivity index (χ0) is 24.1. The van der Waals surface area contributed by atoms with Gasteiger partial charge in [-0.15, -0.1) is 0 Å². The van der Waals surface area contributed by atoms with E-state index in [0.717, 1.165) is 17.7 Å². The Morgan fingerprint density at radius 3 is 1.84 bits per heavy atom. The molecule has 0 saturated heterocycles. The Balaban J connectivity index is 3.72. The molecule has 0 aromatic carbocycles. The van der Waals surface area contributed by atoms with Crippen molar-refractivity contribution in [3.63, 3.8) is 0 Å². The SMILES string of the molecule is CCCCCCCCCCCCCCCOCC(COP(=O)(O)CC[NH+](C)C)OC(C)=O. The van der Waals surface area contributed by atoms with Crippen LogP contribution in [-0.2, 0) is 23.4 Å². The van der Waals surface area contributed by atoms with E-state index in [9.17, 15) is 14.3 Å². The fourth-order valence-electron chi connectivity index (χ4n) is 3.42. The molecule has 2 atom stereocenters. The van der Waals surface area contributed by atoms with Crippen molar-refractivity contribution >= 4 is 13.6 Å². The van der Waals surface area contributed by atoms with Crippen molar-refractivity contribution in [2.75, 3.05) is 46.6 Å². The second-order valence-corrected chi connectivity index (χ2v) is 11.1. The Morgan fingerprint density at radius 1 is 0.875 bits per heavy atom. The summed E-state index contributed by atoms with van der Waals surface area (Å²) in [5, 5.41) is 0. The average molecular weight is 481 g/mol. The largest absolute Gasteiger partial charge is 0.458 e. The van der Waals surface area contributed by atoms with Crippen LogP contribution in [0.15, 0.2) is 0 Å². The van der Waals surface area contributed by atoms with Gasteiger partial charge in [0, 0.05) is 13.5 Å². The Bertz CT molecular complexity index is 489. The van der Waals surface area contributed by atoms with Gasteiger partial charge < -0.3 is 23.8 Å². The van der Waals surface area contributed by atoms with Crippen molar-refractivity contribution in [3.05, 3.63) is 0 Å². The third kappa shape index (κ3) is 22.7. The van der Waals surface area contributed by atoms with Crippen LogP contribution in [-0.4, -0.2) is 63.6 Å². The molecule has 0 fully saturated rings. The van der Waals surface area contributed by atoms with Gasteiger partial charge in [0.2, 0.25) is 0 Å². The van der Waals surface area contributed by atoms with Crippen LogP contribution in [0.2, 0.25) is 0 Å². The van der Waals surface area contributed by atoms with Gasteiger partial charge in [-0.1, -0.05) is 84.0 Å². The quantitative estimate of drug-likeness (QED) is 0.128. The standard InChI is InChI=1S/C24H50NO6P/c1-5-6-7-8-9-10-11-12-13-14-15-16-17-19-29-21-24(31-23(2)26)22-30-32(27,28)20-18-25(3)4/h24H,5-22H2,1-4H3,(H,27,28)/p+1. The summed E-state index contributed by atoms with van der Waals surface area (Å²) in [6.07, 6.45) is 16.3. The molecule has 0 heterocycles. The third-order valence-electron chi connectivity index (χ3n) is 5.39. The number of ether oxygens (including phenoxy) is 2. The number of carbonyl (C=O) groups excluding carboxylic acids is 1. The first-order valence-corrected chi connectivity index (χ1v) is 14.5. The van der Waals surface area contributed by atoms with Gasteiger partial charge in [-0.2, -0.15) is 0 Å². The fraction of sp³-hybridized carbons (Fsp3) is 0.958. The zero-order valence-corrected chi connectivity index (χ0v) is 22.1. The van der Waals surface area contributed by atoms with Gasteiger partial charge in [-0.3, -0.25) is 9.36 Å². The highest BCUT2D eigenvalue weighted by molar-refractivity contribution is 7.52. The molecule has 0 saturated carbocycles. The molecule has 8 heteroatoms. The Kier molecular flexibility index (Phi) is 20.8. The van der Waals surface area contributed by atoms with E-state index in [2.05, 4.69) is 6.92 Å². The van der Waals surface area contributed by atoms with Crippen LogP contribution in [0, 0.1) is 0 Å². The molecule has 0 rings (SSSR count). The minimum Gasteiger partial charge on any atom is -0.458 e. The molecular formula is C24H51NO6P+. The smallest absolute Gasteiger partial charge is 0.333 e. The van der Waals surface area contributed by atoms with Crippen LogP contribution in [0.3, 0.4) is 0 Å². The number of carbonyl (C=O) groups is 1. The molecule has 0 aliphatic carbocycles. The lowest BCUT2D eigenvalue weighted by atomic mass is 10.0. The molecule has 2 N–H and O–H groups in total. The van der Waals surface area contributed by atoms with Crippen molar-refractivity contribution in [3.8, 4) is 0 Å². The molecule has 0 radical (unpaired) electrons. The molecule has 2 unspecified atom stereocenters. The third-order valence-corrected chi connectivity index (χ3v) is 6.73. The topological polar surface area (TPSA) is 86.5 Å². The van der Waals surface area contributed by atoms with E-state index in [1.54, 1.807) is 0 Å². The minimum absolute atomic E-state index is 0.0714. The summed E-state index contributed by atoms with van der Waals surface area (Å²) in [6.45, 7) is 4.74. The maximum atomic E-state index is 12.1. The number of hydrogen-bond donors (Lipinski definition) is 2. The second-order valence-electron chi connectivity index (χ2n) is 9.16. The van der Waals surface area contributed by atoms with Gasteiger partial charge in [-0.05, 0) is 6.42 Å². The van der Waals surface area contributed by atoms with Gasteiger partial charge >= 0.3 is 13.6 Å². The predicted molar refractivity (Wildman–Crippen MR) is 130 cm³/mol. The van der Waals surface area contributed by atoms with Gasteiger partial charge in [0.05, 0.1) is 40.0 Å². The number of esters is 1. The number of nitrogens with one attached hydrogen (secondary N) is 1. The lowest BCUT2D eigenvalue weighted by molar-refractivity contribution is -0.855. The van der Waals surface area contributed by atoms with Crippen molar-refractivity contribution in [1.82, 2.24) is 0 Å². The molecule has 32 heavy (non-hydrogen) atoms. The first-order chi connectivity index (χ1) is 15.3. The van der Waals surface area contributed by atoms with E-state index < -0.39 is 19.7 Å². The van der Waals surface area contributed by atoms with Crippen LogP contribution in [0.5, 0.6) is 0 Å². The highest BCUT2D eigenvalue weighted by atomic mass is 31.2. The Morgan fingerprint density at radius 2 is 1.38 bits per heavy atom. The van der Waals surface area contributed by atoms with Gasteiger partial charge in [0.15, 0.2) is 0 Å². The van der Waals surface area contributed by atoms with E-state index >= 15 is 0 Å². The van der Waals surface area contributed by atoms with E-state index in [1.165, 1.54) is 77.6 Å². The average Bonchev–Trinajstić information content (AvgIpc) is 2.73. The van der Waals surface area contributed by atoms with Crippen LogP contribution in [0.1, 0.15) is 97.3 Å². The van der Waals surface area contributed by atoms with E-state index in [1.807, 2.05) is 14.1 Å². The number of hydrogen-bond acceptors (Lipinski definition) is 5. The molecule has 7 nitrogen and oxygen atoms in total. The predicted octanol–water partition coefficient (Wildman–Crippen LogP) is 4.37. The van der Waals surface area contributed by atoms with Gasteiger partial charge in [-0.25, -0.2) is 0 Å². The molecule has 0 spiro atoms. The van der Waals surface area contributed by atoms with Crippen molar-refractivity contribution in [2.45, 2.75) is 103 Å².